The minimum absolute atomic E-state index is 0.937. The molecule has 0 saturated carbocycles. The molecule has 0 aromatic heterocycles. The average Bonchev–Trinajstić information content (AvgIpc) is 3.08. The number of hydroxylamine groups is 2. The molecule has 0 fully saturated rings. The second kappa shape index (κ2) is 43.9. The Morgan fingerprint density at radius 1 is 0.234 bits per heavy atom. The monoisotopic (exact) mass is 664 g/mol. The van der Waals surface area contributed by atoms with Crippen LogP contribution in [0.1, 0.15) is 271 Å². The molecule has 0 aliphatic carbocycles. The van der Waals surface area contributed by atoms with Gasteiger partial charge in [-0.05, 0) is 19.3 Å². The molecule has 0 amide bonds. The fourth-order valence-electron chi connectivity index (χ4n) is 7.17. The lowest BCUT2D eigenvalue weighted by molar-refractivity contribution is -0.161. The van der Waals surface area contributed by atoms with Crippen LogP contribution in [0, 0.1) is 0 Å². The summed E-state index contributed by atoms with van der Waals surface area (Å²) in [6, 6.07) is 0. The van der Waals surface area contributed by atoms with Gasteiger partial charge in [-0.15, -0.1) is 0 Å². The van der Waals surface area contributed by atoms with E-state index in [9.17, 15) is 0 Å². The Kier molecular flexibility index (Phi) is 43.9. The molecule has 0 aliphatic rings. The van der Waals surface area contributed by atoms with Gasteiger partial charge >= 0.3 is 0 Å². The summed E-state index contributed by atoms with van der Waals surface area (Å²) < 4.78 is 0. The van der Waals surface area contributed by atoms with Gasteiger partial charge in [-0.2, -0.15) is 5.06 Å². The highest BCUT2D eigenvalue weighted by Gasteiger charge is 2.06. The second-order valence-corrected chi connectivity index (χ2v) is 15.5. The molecule has 0 bridgehead atoms. The van der Waals surface area contributed by atoms with E-state index < -0.39 is 0 Å². The summed E-state index contributed by atoms with van der Waals surface area (Å²) in [4.78, 5) is 6.36. The molecule has 0 atom stereocenters. The lowest BCUT2D eigenvalue weighted by Crippen LogP contribution is -2.27. The normalized spacial score (nSPS) is 11.7. The van der Waals surface area contributed by atoms with Crippen molar-refractivity contribution in [2.45, 2.75) is 271 Å². The van der Waals surface area contributed by atoms with Gasteiger partial charge in [-0.1, -0.05) is 252 Å². The standard InChI is InChI=1S/C45H93NO/c1-4-7-10-13-16-19-21-23-25-27-29-31-33-35-38-41-44-46(47-45-42-39-36-18-15-12-9-6-3)43-40-37-34-32-30-28-26-24-22-20-17-14-11-8-5-2/h4-45H2,1-3H3. The summed E-state index contributed by atoms with van der Waals surface area (Å²) in [6.07, 6.45) is 55.6. The number of rotatable bonds is 43. The van der Waals surface area contributed by atoms with Crippen LogP contribution in [-0.2, 0) is 4.84 Å². The largest absolute Gasteiger partial charge is 0.299 e. The molecule has 284 valence electrons. The predicted octanol–water partition coefficient (Wildman–Crippen LogP) is 16.5. The van der Waals surface area contributed by atoms with E-state index >= 15 is 0 Å². The summed E-state index contributed by atoms with van der Waals surface area (Å²) in [5, 5.41) is 2.37. The van der Waals surface area contributed by atoms with E-state index in [1.54, 1.807) is 0 Å². The molecule has 0 radical (unpaired) electrons. The van der Waals surface area contributed by atoms with Crippen molar-refractivity contribution in [1.29, 1.82) is 0 Å². The summed E-state index contributed by atoms with van der Waals surface area (Å²) in [5.74, 6) is 0. The van der Waals surface area contributed by atoms with Crippen LogP contribution in [-0.4, -0.2) is 24.8 Å². The van der Waals surface area contributed by atoms with Crippen LogP contribution < -0.4 is 0 Å². The van der Waals surface area contributed by atoms with Crippen LogP contribution in [0.3, 0.4) is 0 Å². The molecule has 0 spiro atoms. The van der Waals surface area contributed by atoms with E-state index in [2.05, 4.69) is 25.8 Å². The average molecular weight is 664 g/mol. The van der Waals surface area contributed by atoms with Crippen molar-refractivity contribution >= 4 is 0 Å². The van der Waals surface area contributed by atoms with E-state index in [0.717, 1.165) is 19.7 Å². The van der Waals surface area contributed by atoms with E-state index in [4.69, 9.17) is 4.84 Å². The zero-order valence-corrected chi connectivity index (χ0v) is 33.6. The van der Waals surface area contributed by atoms with E-state index in [1.807, 2.05) is 0 Å². The molecule has 47 heavy (non-hydrogen) atoms. The minimum atomic E-state index is 0.937. The van der Waals surface area contributed by atoms with Crippen molar-refractivity contribution in [2.24, 2.45) is 0 Å². The van der Waals surface area contributed by atoms with Crippen molar-refractivity contribution in [2.75, 3.05) is 19.7 Å². The van der Waals surface area contributed by atoms with Gasteiger partial charge in [0.15, 0.2) is 0 Å². The zero-order valence-electron chi connectivity index (χ0n) is 33.6. The van der Waals surface area contributed by atoms with Gasteiger partial charge in [-0.3, -0.25) is 4.84 Å². The maximum Gasteiger partial charge on any atom is 0.0685 e. The Balaban J connectivity index is 3.84. The van der Waals surface area contributed by atoms with Crippen molar-refractivity contribution in [3.05, 3.63) is 0 Å². The van der Waals surface area contributed by atoms with Crippen LogP contribution in [0.2, 0.25) is 0 Å². The molecule has 0 heterocycles. The van der Waals surface area contributed by atoms with Gasteiger partial charge in [-0.25, -0.2) is 0 Å². The van der Waals surface area contributed by atoms with Gasteiger partial charge < -0.3 is 0 Å². The SMILES string of the molecule is CCCCCCCCCCCCCCCCCCN(CCCCCCCCCCCCCCCCC)OCCCCCCCCCC. The summed E-state index contributed by atoms with van der Waals surface area (Å²) in [6.45, 7) is 10.2. The molecule has 2 nitrogen and oxygen atoms in total. The van der Waals surface area contributed by atoms with Crippen molar-refractivity contribution < 1.29 is 4.84 Å². The Hall–Kier alpha value is -0.0800. The molecular weight excluding hydrogens is 571 g/mol. The molecule has 0 unspecified atom stereocenters. The smallest absolute Gasteiger partial charge is 0.0685 e. The van der Waals surface area contributed by atoms with Crippen LogP contribution in [0.5, 0.6) is 0 Å². The molecule has 0 rings (SSSR count). The topological polar surface area (TPSA) is 12.5 Å². The molecule has 0 N–H and O–H groups in total. The first kappa shape index (κ1) is 46.9. The Labute approximate surface area is 300 Å². The fraction of sp³-hybridized carbons (Fsp3) is 1.00. The molecule has 2 heteroatoms. The Morgan fingerprint density at radius 3 is 0.660 bits per heavy atom. The first-order valence-electron chi connectivity index (χ1n) is 22.7. The van der Waals surface area contributed by atoms with Crippen LogP contribution >= 0.6 is 0 Å². The van der Waals surface area contributed by atoms with E-state index in [1.165, 1.54) is 250 Å². The number of unbranched alkanes of at least 4 members (excludes halogenated alkanes) is 36. The molecular formula is C45H93NO. The highest BCUT2D eigenvalue weighted by atomic mass is 16.7. The van der Waals surface area contributed by atoms with Gasteiger partial charge in [0.2, 0.25) is 0 Å². The predicted molar refractivity (Wildman–Crippen MR) is 215 cm³/mol. The van der Waals surface area contributed by atoms with Crippen molar-refractivity contribution in [3.8, 4) is 0 Å². The molecule has 0 aromatic carbocycles. The second-order valence-electron chi connectivity index (χ2n) is 15.5. The highest BCUT2D eigenvalue weighted by molar-refractivity contribution is 4.55. The van der Waals surface area contributed by atoms with E-state index in [0.29, 0.717) is 0 Å². The van der Waals surface area contributed by atoms with Crippen LogP contribution in [0.4, 0.5) is 0 Å². The summed E-state index contributed by atoms with van der Waals surface area (Å²) in [7, 11) is 0. The third-order valence-corrected chi connectivity index (χ3v) is 10.5. The van der Waals surface area contributed by atoms with Gasteiger partial charge in [0.1, 0.15) is 0 Å². The Bertz CT molecular complexity index is 522. The lowest BCUT2D eigenvalue weighted by Gasteiger charge is -2.22. The first-order chi connectivity index (χ1) is 23.3. The quantitative estimate of drug-likeness (QED) is 0.0475. The van der Waals surface area contributed by atoms with Gasteiger partial charge in [0.05, 0.1) is 6.61 Å². The fourth-order valence-corrected chi connectivity index (χ4v) is 7.17. The zero-order chi connectivity index (χ0) is 34.0. The third-order valence-electron chi connectivity index (χ3n) is 10.5. The third kappa shape index (κ3) is 42.0. The summed E-state index contributed by atoms with van der Waals surface area (Å²) in [5.41, 5.74) is 0. The Morgan fingerprint density at radius 2 is 0.426 bits per heavy atom. The first-order valence-corrected chi connectivity index (χ1v) is 22.7. The van der Waals surface area contributed by atoms with Crippen LogP contribution in [0.15, 0.2) is 0 Å². The summed E-state index contributed by atoms with van der Waals surface area (Å²) >= 11 is 0. The number of hydrogen-bond donors (Lipinski definition) is 0. The molecule has 0 aromatic rings. The number of nitrogens with zero attached hydrogens (tertiary/aromatic N) is 1. The molecule has 0 aliphatic heterocycles. The lowest BCUT2D eigenvalue weighted by atomic mass is 10.0. The van der Waals surface area contributed by atoms with E-state index in [-0.39, 0.29) is 0 Å². The van der Waals surface area contributed by atoms with Gasteiger partial charge in [0, 0.05) is 13.1 Å². The van der Waals surface area contributed by atoms with Crippen LogP contribution in [0.25, 0.3) is 0 Å². The maximum atomic E-state index is 6.36. The molecule has 0 saturated heterocycles. The van der Waals surface area contributed by atoms with Gasteiger partial charge in [0.25, 0.3) is 0 Å². The maximum absolute atomic E-state index is 6.36. The minimum Gasteiger partial charge on any atom is -0.299 e. The van der Waals surface area contributed by atoms with Crippen molar-refractivity contribution in [1.82, 2.24) is 5.06 Å². The number of hydrogen-bond acceptors (Lipinski definition) is 2. The van der Waals surface area contributed by atoms with Crippen molar-refractivity contribution in [3.63, 3.8) is 0 Å². The highest BCUT2D eigenvalue weighted by Crippen LogP contribution is 2.16.